The van der Waals surface area contributed by atoms with E-state index in [4.69, 9.17) is 17.0 Å². The first-order valence-electron chi connectivity index (χ1n) is 7.13. The van der Waals surface area contributed by atoms with Crippen LogP contribution in [0.5, 0.6) is 0 Å². The molecule has 2 amide bonds. The fraction of sp³-hybridized carbons (Fsp3) is 0.400. The van der Waals surface area contributed by atoms with E-state index >= 15 is 0 Å². The number of para-hydroxylation sites is 1. The number of ether oxygens (including phenoxy) is 1. The third kappa shape index (κ3) is 7.46. The Bertz CT molecular complexity index is 531. The summed E-state index contributed by atoms with van der Waals surface area (Å²) in [5.74, 6) is 0. The summed E-state index contributed by atoms with van der Waals surface area (Å²) in [6.45, 7) is 6.11. The molecule has 1 rings (SSSR count). The highest BCUT2D eigenvalue weighted by atomic mass is 32.1. The molecule has 0 aromatic heterocycles. The average molecular weight is 338 g/mol. The summed E-state index contributed by atoms with van der Waals surface area (Å²) in [5, 5.41) is 7.32. The third-order valence-electron chi connectivity index (χ3n) is 2.47. The lowest BCUT2D eigenvalue weighted by Gasteiger charge is -2.24. The van der Waals surface area contributed by atoms with Crippen LogP contribution in [-0.2, 0) is 9.53 Å². The van der Waals surface area contributed by atoms with Crippen LogP contribution in [0.15, 0.2) is 30.3 Å². The molecule has 0 aliphatic rings. The van der Waals surface area contributed by atoms with Crippen LogP contribution in [0.4, 0.5) is 10.5 Å². The number of anilines is 1. The van der Waals surface area contributed by atoms with Crippen LogP contribution in [0.3, 0.4) is 0 Å². The van der Waals surface area contributed by atoms with Crippen molar-refractivity contribution < 1.29 is 14.3 Å². The number of nitrogens with zero attached hydrogens (tertiary/aromatic N) is 1. The van der Waals surface area contributed by atoms with Gasteiger partial charge in [0.15, 0.2) is 5.11 Å². The quantitative estimate of drug-likeness (QED) is 0.316. The van der Waals surface area contributed by atoms with Crippen molar-refractivity contribution in [1.29, 1.82) is 0 Å². The predicted molar refractivity (Wildman–Crippen MR) is 93.0 cm³/mol. The minimum Gasteiger partial charge on any atom is -0.444 e. The van der Waals surface area contributed by atoms with Crippen LogP contribution in [0.25, 0.3) is 0 Å². The molecule has 0 saturated carbocycles. The zero-order valence-electron chi connectivity index (χ0n) is 13.5. The Kier molecular flexibility index (Phi) is 7.27. The summed E-state index contributed by atoms with van der Waals surface area (Å²) >= 11 is 5.24. The second-order valence-electron chi connectivity index (χ2n) is 5.58. The van der Waals surface area contributed by atoms with Crippen molar-refractivity contribution in [3.05, 3.63) is 30.3 Å². The Hall–Kier alpha value is -2.35. The number of carbonyl (C=O) groups excluding carboxylic acids is 2. The summed E-state index contributed by atoms with van der Waals surface area (Å²) in [4.78, 5) is 22.2. The highest BCUT2D eigenvalue weighted by Gasteiger charge is 2.15. The van der Waals surface area contributed by atoms with Gasteiger partial charge in [-0.3, -0.25) is 10.2 Å². The van der Waals surface area contributed by atoms with Crippen molar-refractivity contribution in [2.75, 3.05) is 18.1 Å². The maximum absolute atomic E-state index is 11.5. The molecule has 0 heterocycles. The van der Waals surface area contributed by atoms with E-state index in [-0.39, 0.29) is 0 Å². The van der Waals surface area contributed by atoms with Gasteiger partial charge in [0.05, 0.1) is 5.69 Å². The fourth-order valence-corrected chi connectivity index (χ4v) is 1.87. The van der Waals surface area contributed by atoms with Gasteiger partial charge in [0.2, 0.25) is 6.41 Å². The van der Waals surface area contributed by atoms with Crippen molar-refractivity contribution in [2.24, 2.45) is 0 Å². The van der Waals surface area contributed by atoms with E-state index in [0.717, 1.165) is 5.69 Å². The number of carbonyl (C=O) groups is 2. The summed E-state index contributed by atoms with van der Waals surface area (Å²) < 4.78 is 5.12. The molecule has 8 heteroatoms. The zero-order valence-corrected chi connectivity index (χ0v) is 14.3. The molecule has 0 spiro atoms. The first kappa shape index (κ1) is 18.7. The summed E-state index contributed by atoms with van der Waals surface area (Å²) in [6, 6.07) is 9.15. The zero-order chi connectivity index (χ0) is 17.3. The van der Waals surface area contributed by atoms with Crippen LogP contribution in [0.2, 0.25) is 0 Å². The second-order valence-corrected chi connectivity index (χ2v) is 5.97. The van der Waals surface area contributed by atoms with Crippen molar-refractivity contribution in [3.63, 3.8) is 0 Å². The highest BCUT2D eigenvalue weighted by Crippen LogP contribution is 2.10. The topological polar surface area (TPSA) is 82.7 Å². The number of rotatable bonds is 6. The summed E-state index contributed by atoms with van der Waals surface area (Å²) in [7, 11) is 0. The molecule has 0 aliphatic carbocycles. The van der Waals surface area contributed by atoms with E-state index in [9.17, 15) is 9.59 Å². The van der Waals surface area contributed by atoms with Crippen LogP contribution < -0.4 is 21.1 Å². The average Bonchev–Trinajstić information content (AvgIpc) is 2.48. The van der Waals surface area contributed by atoms with Gasteiger partial charge in [-0.2, -0.15) is 0 Å². The van der Waals surface area contributed by atoms with Crippen LogP contribution in [-0.4, -0.2) is 36.3 Å². The summed E-state index contributed by atoms with van der Waals surface area (Å²) in [6.07, 6.45) is 0.0519. The van der Waals surface area contributed by atoms with Crippen LogP contribution in [0.1, 0.15) is 20.8 Å². The first-order chi connectivity index (χ1) is 10.8. The first-order valence-corrected chi connectivity index (χ1v) is 7.54. The van der Waals surface area contributed by atoms with E-state index in [0.29, 0.717) is 24.6 Å². The number of hydrazine groups is 1. The monoisotopic (exact) mass is 338 g/mol. The van der Waals surface area contributed by atoms with Gasteiger partial charge < -0.3 is 15.4 Å². The molecule has 126 valence electrons. The maximum Gasteiger partial charge on any atom is 0.407 e. The minimum absolute atomic E-state index is 0.314. The van der Waals surface area contributed by atoms with E-state index in [2.05, 4.69) is 16.1 Å². The Morgan fingerprint density at radius 2 is 1.83 bits per heavy atom. The molecule has 0 fully saturated rings. The van der Waals surface area contributed by atoms with Gasteiger partial charge in [0, 0.05) is 13.1 Å². The van der Waals surface area contributed by atoms with Crippen molar-refractivity contribution >= 4 is 35.5 Å². The van der Waals surface area contributed by atoms with Crippen molar-refractivity contribution in [2.45, 2.75) is 26.4 Å². The van der Waals surface area contributed by atoms with Gasteiger partial charge in [-0.15, -0.1) is 0 Å². The minimum atomic E-state index is -0.537. The molecule has 0 unspecified atom stereocenters. The molecule has 1 aromatic carbocycles. The second kappa shape index (κ2) is 8.94. The Morgan fingerprint density at radius 1 is 1.22 bits per heavy atom. The molecule has 0 bridgehead atoms. The van der Waals surface area contributed by atoms with Gasteiger partial charge in [0.1, 0.15) is 5.60 Å². The predicted octanol–water partition coefficient (Wildman–Crippen LogP) is 1.55. The van der Waals surface area contributed by atoms with Crippen LogP contribution >= 0.6 is 12.2 Å². The van der Waals surface area contributed by atoms with Gasteiger partial charge in [-0.1, -0.05) is 18.2 Å². The lowest BCUT2D eigenvalue weighted by Crippen LogP contribution is -2.49. The molecule has 1 aromatic rings. The largest absolute Gasteiger partial charge is 0.444 e. The number of amides is 2. The van der Waals surface area contributed by atoms with Gasteiger partial charge >= 0.3 is 6.09 Å². The third-order valence-corrected chi connectivity index (χ3v) is 2.80. The number of nitrogens with one attached hydrogen (secondary N) is 3. The molecule has 23 heavy (non-hydrogen) atoms. The smallest absolute Gasteiger partial charge is 0.407 e. The van der Waals surface area contributed by atoms with E-state index in [1.807, 2.05) is 30.3 Å². The lowest BCUT2D eigenvalue weighted by molar-refractivity contribution is -0.109. The fourth-order valence-electron chi connectivity index (χ4n) is 1.61. The maximum atomic E-state index is 11.5. The molecular weight excluding hydrogens is 316 g/mol. The van der Waals surface area contributed by atoms with E-state index in [1.165, 1.54) is 5.01 Å². The molecular formula is C15H22N4O3S. The SMILES string of the molecule is CC(C)(C)OC(=O)NCCNC(=S)N(NC=O)c1ccccc1. The lowest BCUT2D eigenvalue weighted by atomic mass is 10.2. The molecule has 7 nitrogen and oxygen atoms in total. The normalized spacial score (nSPS) is 10.4. The Labute approximate surface area is 141 Å². The van der Waals surface area contributed by atoms with Crippen LogP contribution in [0, 0.1) is 0 Å². The number of benzene rings is 1. The molecule has 0 saturated heterocycles. The van der Waals surface area contributed by atoms with E-state index < -0.39 is 11.7 Å². The number of alkyl carbamates (subject to hydrolysis) is 1. The van der Waals surface area contributed by atoms with E-state index in [1.54, 1.807) is 20.8 Å². The Morgan fingerprint density at radius 3 is 2.39 bits per heavy atom. The highest BCUT2D eigenvalue weighted by molar-refractivity contribution is 7.80. The van der Waals surface area contributed by atoms with Crippen molar-refractivity contribution in [1.82, 2.24) is 16.1 Å². The Balaban J connectivity index is 2.42. The molecule has 3 N–H and O–H groups in total. The van der Waals surface area contributed by atoms with Gasteiger partial charge in [-0.25, -0.2) is 9.80 Å². The van der Waals surface area contributed by atoms with Crippen molar-refractivity contribution in [3.8, 4) is 0 Å². The van der Waals surface area contributed by atoms with Gasteiger partial charge in [0.25, 0.3) is 0 Å². The number of hydrogen-bond donors (Lipinski definition) is 3. The molecule has 0 atom stereocenters. The standard InChI is InChI=1S/C15H22N4O3S/c1-15(2,3)22-14(21)17-10-9-16-13(23)19(18-11-20)12-7-5-4-6-8-12/h4-8,11H,9-10H2,1-3H3,(H,16,23)(H,17,21)(H,18,20). The molecule has 0 aliphatic heterocycles. The number of hydrogen-bond acceptors (Lipinski definition) is 4. The summed E-state index contributed by atoms with van der Waals surface area (Å²) in [5.41, 5.74) is 2.70. The number of thiocarbonyl (C=S) groups is 1. The van der Waals surface area contributed by atoms with Gasteiger partial charge in [-0.05, 0) is 45.1 Å². The molecule has 0 radical (unpaired) electrons.